The van der Waals surface area contributed by atoms with Crippen LogP contribution in [0.2, 0.25) is 0 Å². The van der Waals surface area contributed by atoms with E-state index in [0.717, 1.165) is 55.6 Å². The molecule has 204 valence electrons. The number of β-amino-alcohol motifs (C(OH)–C–C–N with tert-alkyl or cyclic N) is 1. The second-order valence-electron chi connectivity index (χ2n) is 12.6. The van der Waals surface area contributed by atoms with Crippen LogP contribution < -0.4 is 0 Å². The number of likely N-dealkylation sites (tertiary alicyclic amines) is 1. The molecule has 0 aromatic rings. The van der Waals surface area contributed by atoms with Gasteiger partial charge in [-0.25, -0.2) is 4.79 Å². The summed E-state index contributed by atoms with van der Waals surface area (Å²) in [5.74, 6) is -0.334. The molecule has 4 fully saturated rings. The maximum absolute atomic E-state index is 12.5. The summed E-state index contributed by atoms with van der Waals surface area (Å²) in [6.07, 6.45) is 8.33. The molecule has 0 radical (unpaired) electrons. The van der Waals surface area contributed by atoms with Crippen molar-refractivity contribution in [1.29, 1.82) is 0 Å². The second kappa shape index (κ2) is 9.19. The van der Waals surface area contributed by atoms with Gasteiger partial charge in [0, 0.05) is 18.4 Å². The van der Waals surface area contributed by atoms with Gasteiger partial charge in [-0.1, -0.05) is 24.6 Å². The van der Waals surface area contributed by atoms with Crippen LogP contribution in [0.4, 0.5) is 0 Å². The lowest BCUT2D eigenvalue weighted by Gasteiger charge is -2.59. The van der Waals surface area contributed by atoms with Crippen molar-refractivity contribution in [3.63, 3.8) is 0 Å². The molecule has 0 unspecified atom stereocenters. The average Bonchev–Trinajstić information content (AvgIpc) is 3.37. The lowest BCUT2D eigenvalue weighted by Crippen LogP contribution is -2.57. The zero-order valence-electron chi connectivity index (χ0n) is 22.1. The van der Waals surface area contributed by atoms with Crippen LogP contribution in [0.15, 0.2) is 16.8 Å². The van der Waals surface area contributed by atoms with Crippen molar-refractivity contribution in [1.82, 2.24) is 4.90 Å². The molecule has 37 heavy (non-hydrogen) atoms. The van der Waals surface area contributed by atoms with Crippen molar-refractivity contribution in [2.75, 3.05) is 13.2 Å². The smallest absolute Gasteiger partial charge is 0.326 e. The third-order valence-corrected chi connectivity index (χ3v) is 11.0. The minimum Gasteiger partial charge on any atom is -0.480 e. The zero-order chi connectivity index (χ0) is 26.8. The van der Waals surface area contributed by atoms with Crippen LogP contribution in [0, 0.1) is 28.6 Å². The first-order valence-electron chi connectivity index (χ1n) is 13.7. The number of aliphatic hydroxyl groups is 2. The molecule has 9 heteroatoms. The van der Waals surface area contributed by atoms with Crippen molar-refractivity contribution < 1.29 is 34.5 Å². The number of nitrogens with zero attached hydrogens (tertiary/aromatic N) is 2. The van der Waals surface area contributed by atoms with Crippen molar-refractivity contribution in [2.24, 2.45) is 33.7 Å². The summed E-state index contributed by atoms with van der Waals surface area (Å²) in [7, 11) is 0. The molecule has 1 heterocycles. The highest BCUT2D eigenvalue weighted by Gasteiger charge is 2.65. The lowest BCUT2D eigenvalue weighted by molar-refractivity contribution is -0.159. The topological polar surface area (TPSA) is 137 Å². The number of aliphatic carboxylic acids is 1. The molecule has 0 bridgehead atoms. The van der Waals surface area contributed by atoms with E-state index >= 15 is 0 Å². The Labute approximate surface area is 217 Å². The molecule has 9 nitrogen and oxygen atoms in total. The van der Waals surface area contributed by atoms with Crippen LogP contribution in [0.3, 0.4) is 0 Å². The van der Waals surface area contributed by atoms with Crippen molar-refractivity contribution in [3.8, 4) is 0 Å². The number of allylic oxidation sites excluding steroid dienone is 2. The van der Waals surface area contributed by atoms with Gasteiger partial charge in [0.15, 0.2) is 12.4 Å². The maximum atomic E-state index is 12.5. The van der Waals surface area contributed by atoms with E-state index in [1.165, 1.54) is 5.57 Å². The van der Waals surface area contributed by atoms with Crippen LogP contribution >= 0.6 is 0 Å². The summed E-state index contributed by atoms with van der Waals surface area (Å²) in [6, 6.07) is -1.03. The zero-order valence-corrected chi connectivity index (χ0v) is 22.1. The SMILES string of the molecule is CC(=O)[C@@]1(O)CC[C@H]2[C@@H]3CCC4=C/C(=N/OCC(=O)N5C[C@@H](O)C[C@@H]5C(=O)O)CC[C@]4(C)[C@H]3CC[C@@]21C. The molecule has 3 saturated carbocycles. The molecule has 5 rings (SSSR count). The first-order chi connectivity index (χ1) is 17.4. The summed E-state index contributed by atoms with van der Waals surface area (Å²) in [4.78, 5) is 42.8. The standard InChI is InChI=1S/C28H40N2O7/c1-16(31)28(36)11-8-22-20-5-4-17-12-18(6-9-26(17,2)21(20)7-10-27(22,28)3)29-37-15-24(33)30-14-19(32)13-23(30)25(34)35/h12,19-23,32,36H,4-11,13-15H2,1-3H3,(H,34,35)/b29-18+/t19-,20+,21-,22-,23+,26-,27-,28-/m0/s1. The monoisotopic (exact) mass is 516 g/mol. The number of oxime groups is 1. The van der Waals surface area contributed by atoms with Gasteiger partial charge in [0.05, 0.1) is 11.8 Å². The fourth-order valence-corrected chi connectivity index (χ4v) is 8.81. The number of ketones is 1. The van der Waals surface area contributed by atoms with Gasteiger partial charge in [-0.15, -0.1) is 0 Å². The van der Waals surface area contributed by atoms with Gasteiger partial charge in [0.25, 0.3) is 5.91 Å². The number of carbonyl (C=O) groups excluding carboxylic acids is 2. The Morgan fingerprint density at radius 3 is 2.54 bits per heavy atom. The van der Waals surface area contributed by atoms with Crippen molar-refractivity contribution in [2.45, 2.75) is 96.3 Å². The number of fused-ring (bicyclic) bond motifs is 5. The van der Waals surface area contributed by atoms with E-state index in [9.17, 15) is 29.7 Å². The van der Waals surface area contributed by atoms with E-state index in [4.69, 9.17) is 4.84 Å². The summed E-state index contributed by atoms with van der Waals surface area (Å²) in [5, 5.41) is 34.6. The van der Waals surface area contributed by atoms with Gasteiger partial charge in [0.2, 0.25) is 0 Å². The van der Waals surface area contributed by atoms with E-state index in [1.54, 1.807) is 6.92 Å². The highest BCUT2D eigenvalue weighted by Crippen LogP contribution is 2.67. The Morgan fingerprint density at radius 2 is 1.84 bits per heavy atom. The molecule has 0 aromatic heterocycles. The first kappa shape index (κ1) is 26.4. The molecule has 4 aliphatic carbocycles. The van der Waals surface area contributed by atoms with Gasteiger partial charge in [-0.2, -0.15) is 0 Å². The van der Waals surface area contributed by atoms with Crippen LogP contribution in [-0.4, -0.2) is 74.5 Å². The molecule has 0 spiro atoms. The lowest BCUT2D eigenvalue weighted by atomic mass is 9.46. The molecular formula is C28H40N2O7. The molecule has 3 N–H and O–H groups in total. The number of aliphatic hydroxyl groups excluding tert-OH is 1. The Bertz CT molecular complexity index is 1060. The third kappa shape index (κ3) is 4.04. The molecule has 1 saturated heterocycles. The Morgan fingerprint density at radius 1 is 1.11 bits per heavy atom. The Hall–Kier alpha value is -2.26. The number of rotatable bonds is 5. The summed E-state index contributed by atoms with van der Waals surface area (Å²) in [5.41, 5.74) is 0.673. The molecule has 8 atom stereocenters. The largest absolute Gasteiger partial charge is 0.480 e. The molecular weight excluding hydrogens is 476 g/mol. The first-order valence-corrected chi connectivity index (χ1v) is 13.7. The predicted octanol–water partition coefficient (Wildman–Crippen LogP) is 2.69. The van der Waals surface area contributed by atoms with Gasteiger partial charge < -0.3 is 25.1 Å². The molecule has 1 amide bonds. The number of hydrogen-bond acceptors (Lipinski definition) is 7. The van der Waals surface area contributed by atoms with Crippen LogP contribution in [-0.2, 0) is 19.2 Å². The second-order valence-corrected chi connectivity index (χ2v) is 12.6. The van der Waals surface area contributed by atoms with Crippen molar-refractivity contribution >= 4 is 23.4 Å². The number of carbonyl (C=O) groups is 3. The van der Waals surface area contributed by atoms with Crippen LogP contribution in [0.1, 0.15) is 78.6 Å². The average molecular weight is 517 g/mol. The van der Waals surface area contributed by atoms with E-state index in [-0.39, 0.29) is 36.2 Å². The third-order valence-electron chi connectivity index (χ3n) is 11.0. The normalized spacial score (nSPS) is 44.0. The minimum atomic E-state index is -1.20. The fraction of sp³-hybridized carbons (Fsp3) is 0.786. The number of carboxylic acids is 1. The van der Waals surface area contributed by atoms with Gasteiger partial charge >= 0.3 is 5.97 Å². The molecule has 0 aromatic carbocycles. The fourth-order valence-electron chi connectivity index (χ4n) is 8.81. The Kier molecular flexibility index (Phi) is 6.54. The van der Waals surface area contributed by atoms with E-state index in [0.29, 0.717) is 24.2 Å². The van der Waals surface area contributed by atoms with Crippen LogP contribution in [0.25, 0.3) is 0 Å². The number of carboxylic acid groups (broad SMARTS) is 1. The van der Waals surface area contributed by atoms with E-state index in [1.807, 2.05) is 0 Å². The minimum absolute atomic E-state index is 0.00938. The maximum Gasteiger partial charge on any atom is 0.326 e. The number of amides is 1. The van der Waals surface area contributed by atoms with Gasteiger partial charge in [0.1, 0.15) is 11.6 Å². The Balaban J connectivity index is 1.26. The summed E-state index contributed by atoms with van der Waals surface area (Å²) in [6.45, 7) is 5.67. The highest BCUT2D eigenvalue weighted by atomic mass is 16.6. The van der Waals surface area contributed by atoms with E-state index in [2.05, 4.69) is 25.1 Å². The van der Waals surface area contributed by atoms with Gasteiger partial charge in [-0.05, 0) is 87.5 Å². The summed E-state index contributed by atoms with van der Waals surface area (Å²) < 4.78 is 0. The van der Waals surface area contributed by atoms with E-state index < -0.39 is 29.6 Å². The summed E-state index contributed by atoms with van der Waals surface area (Å²) >= 11 is 0. The number of hydrogen-bond donors (Lipinski definition) is 3. The van der Waals surface area contributed by atoms with Gasteiger partial charge in [-0.3, -0.25) is 9.59 Å². The van der Waals surface area contributed by atoms with Crippen molar-refractivity contribution in [3.05, 3.63) is 11.6 Å². The molecule has 5 aliphatic rings. The number of Topliss-reactive ketones (excluding diaryl/α,β-unsaturated/α-hetero) is 1. The highest BCUT2D eigenvalue weighted by molar-refractivity contribution is 5.96. The molecule has 1 aliphatic heterocycles. The quantitative estimate of drug-likeness (QED) is 0.478. The predicted molar refractivity (Wildman–Crippen MR) is 134 cm³/mol. The van der Waals surface area contributed by atoms with Crippen LogP contribution in [0.5, 0.6) is 0 Å².